The highest BCUT2D eigenvalue weighted by Gasteiger charge is 2.11. The van der Waals surface area contributed by atoms with Crippen LogP contribution < -0.4 is 11.3 Å². The zero-order valence-corrected chi connectivity index (χ0v) is 8.50. The van der Waals surface area contributed by atoms with Gasteiger partial charge in [-0.05, 0) is 19.1 Å². The molecule has 0 saturated carbocycles. The van der Waals surface area contributed by atoms with Gasteiger partial charge in [-0.3, -0.25) is 0 Å². The molecule has 3 N–H and O–H groups in total. The summed E-state index contributed by atoms with van der Waals surface area (Å²) >= 11 is 0. The number of carbonyl (C=O) groups is 1. The molecule has 5 nitrogen and oxygen atoms in total. The first-order valence-electron chi connectivity index (χ1n) is 3.88. The molecular weight excluding hydrogens is 206 g/mol. The SMILES string of the molecule is CCOC(=O)c1cccnc1NN.Cl. The number of aromatic nitrogens is 1. The predicted octanol–water partition coefficient (Wildman–Crippen LogP) is 0.966. The Balaban J connectivity index is 0.00000169. The van der Waals surface area contributed by atoms with Crippen LogP contribution in [0, 0.1) is 0 Å². The highest BCUT2D eigenvalue weighted by molar-refractivity contribution is 5.94. The number of nitrogen functional groups attached to an aromatic ring is 1. The Morgan fingerprint density at radius 3 is 3.00 bits per heavy atom. The summed E-state index contributed by atoms with van der Waals surface area (Å²) < 4.78 is 4.80. The molecular formula is C8H12ClN3O2. The van der Waals surface area contributed by atoms with Crippen LogP contribution in [0.25, 0.3) is 0 Å². The summed E-state index contributed by atoms with van der Waals surface area (Å²) in [5.74, 6) is 5.06. The molecule has 0 spiro atoms. The van der Waals surface area contributed by atoms with Gasteiger partial charge in [0.15, 0.2) is 5.82 Å². The number of ether oxygens (including phenoxy) is 1. The number of halogens is 1. The standard InChI is InChI=1S/C8H11N3O2.ClH/c1-2-13-8(12)6-4-3-5-10-7(6)11-9;/h3-5H,2,9H2,1H3,(H,10,11);1H. The van der Waals surface area contributed by atoms with Crippen molar-refractivity contribution in [3.63, 3.8) is 0 Å². The van der Waals surface area contributed by atoms with E-state index in [9.17, 15) is 4.79 Å². The third kappa shape index (κ3) is 2.86. The Bertz CT molecular complexity index is 306. The largest absolute Gasteiger partial charge is 0.462 e. The quantitative estimate of drug-likeness (QED) is 0.448. The van der Waals surface area contributed by atoms with Crippen molar-refractivity contribution in [3.8, 4) is 0 Å². The number of carbonyl (C=O) groups excluding carboxylic acids is 1. The molecule has 0 aromatic carbocycles. The third-order valence-corrected chi connectivity index (χ3v) is 1.44. The van der Waals surface area contributed by atoms with Crippen LogP contribution in [0.4, 0.5) is 5.82 Å². The maximum atomic E-state index is 11.3. The van der Waals surface area contributed by atoms with Crippen LogP contribution in [0.2, 0.25) is 0 Å². The van der Waals surface area contributed by atoms with Crippen molar-refractivity contribution in [3.05, 3.63) is 23.9 Å². The zero-order valence-electron chi connectivity index (χ0n) is 7.69. The minimum atomic E-state index is -0.427. The fourth-order valence-electron chi connectivity index (χ4n) is 0.894. The number of nitrogens with two attached hydrogens (primary N) is 1. The molecule has 0 amide bonds. The number of rotatable bonds is 3. The van der Waals surface area contributed by atoms with Gasteiger partial charge in [-0.1, -0.05) is 0 Å². The second-order valence-corrected chi connectivity index (χ2v) is 2.26. The van der Waals surface area contributed by atoms with E-state index in [-0.39, 0.29) is 12.4 Å². The molecule has 1 rings (SSSR count). The molecule has 78 valence electrons. The van der Waals surface area contributed by atoms with Crippen molar-refractivity contribution in [2.24, 2.45) is 5.84 Å². The van der Waals surface area contributed by atoms with Gasteiger partial charge in [0.2, 0.25) is 0 Å². The summed E-state index contributed by atoms with van der Waals surface area (Å²) in [5, 5.41) is 0. The Hall–Kier alpha value is -1.33. The lowest BCUT2D eigenvalue weighted by Crippen LogP contribution is -2.15. The molecule has 1 aromatic heterocycles. The van der Waals surface area contributed by atoms with Crippen molar-refractivity contribution >= 4 is 24.2 Å². The van der Waals surface area contributed by atoms with Crippen molar-refractivity contribution in [2.75, 3.05) is 12.0 Å². The molecule has 0 saturated heterocycles. The van der Waals surface area contributed by atoms with E-state index in [0.29, 0.717) is 18.0 Å². The Morgan fingerprint density at radius 1 is 1.71 bits per heavy atom. The number of nitrogens with zero attached hydrogens (tertiary/aromatic N) is 1. The van der Waals surface area contributed by atoms with Crippen molar-refractivity contribution in [2.45, 2.75) is 6.92 Å². The van der Waals surface area contributed by atoms with E-state index in [2.05, 4.69) is 10.4 Å². The number of esters is 1. The Morgan fingerprint density at radius 2 is 2.43 bits per heavy atom. The summed E-state index contributed by atoms with van der Waals surface area (Å²) in [6.07, 6.45) is 1.54. The average molecular weight is 218 g/mol. The number of pyridine rings is 1. The van der Waals surface area contributed by atoms with Crippen LogP contribution in [0.1, 0.15) is 17.3 Å². The van der Waals surface area contributed by atoms with E-state index < -0.39 is 5.97 Å². The zero-order chi connectivity index (χ0) is 9.68. The van der Waals surface area contributed by atoms with Crippen LogP contribution in [-0.4, -0.2) is 17.6 Å². The number of hydrazine groups is 1. The number of hydrogen-bond donors (Lipinski definition) is 2. The second-order valence-electron chi connectivity index (χ2n) is 2.26. The molecule has 1 aromatic rings. The van der Waals surface area contributed by atoms with Crippen molar-refractivity contribution < 1.29 is 9.53 Å². The Labute approximate surface area is 88.0 Å². The fraction of sp³-hybridized carbons (Fsp3) is 0.250. The first-order chi connectivity index (χ1) is 6.29. The lowest BCUT2D eigenvalue weighted by atomic mass is 10.2. The highest BCUT2D eigenvalue weighted by atomic mass is 35.5. The average Bonchev–Trinajstić information content (AvgIpc) is 2.18. The molecule has 0 fully saturated rings. The smallest absolute Gasteiger partial charge is 0.341 e. The summed E-state index contributed by atoms with van der Waals surface area (Å²) in [6, 6.07) is 3.24. The monoisotopic (exact) mass is 217 g/mol. The van der Waals surface area contributed by atoms with E-state index in [1.807, 2.05) is 0 Å². The van der Waals surface area contributed by atoms with Gasteiger partial charge < -0.3 is 10.2 Å². The molecule has 0 bridgehead atoms. The number of nitrogens with one attached hydrogen (secondary N) is 1. The lowest BCUT2D eigenvalue weighted by molar-refractivity contribution is 0.0527. The van der Waals surface area contributed by atoms with Gasteiger partial charge in [0.25, 0.3) is 0 Å². The number of anilines is 1. The molecule has 0 unspecified atom stereocenters. The maximum absolute atomic E-state index is 11.3. The van der Waals surface area contributed by atoms with E-state index in [1.165, 1.54) is 6.20 Å². The molecule has 0 aliphatic heterocycles. The van der Waals surface area contributed by atoms with Crippen LogP contribution in [-0.2, 0) is 4.74 Å². The second kappa shape index (κ2) is 6.17. The van der Waals surface area contributed by atoms with Crippen LogP contribution in [0.3, 0.4) is 0 Å². The maximum Gasteiger partial charge on any atom is 0.341 e. The van der Waals surface area contributed by atoms with Gasteiger partial charge in [-0.25, -0.2) is 15.6 Å². The molecule has 14 heavy (non-hydrogen) atoms. The molecule has 0 aliphatic rings. The van der Waals surface area contributed by atoms with E-state index in [4.69, 9.17) is 10.6 Å². The van der Waals surface area contributed by atoms with Crippen molar-refractivity contribution in [1.82, 2.24) is 4.98 Å². The van der Waals surface area contributed by atoms with Crippen molar-refractivity contribution in [1.29, 1.82) is 0 Å². The predicted molar refractivity (Wildman–Crippen MR) is 55.3 cm³/mol. The van der Waals surface area contributed by atoms with Gasteiger partial charge >= 0.3 is 5.97 Å². The molecule has 6 heteroatoms. The lowest BCUT2D eigenvalue weighted by Gasteiger charge is -2.05. The number of hydrogen-bond acceptors (Lipinski definition) is 5. The van der Waals surface area contributed by atoms with Gasteiger partial charge in [-0.15, -0.1) is 12.4 Å². The summed E-state index contributed by atoms with van der Waals surface area (Å²) in [5.41, 5.74) is 2.66. The normalized spacial score (nSPS) is 8.71. The van der Waals surface area contributed by atoms with Gasteiger partial charge in [0, 0.05) is 6.20 Å². The molecule has 0 radical (unpaired) electrons. The third-order valence-electron chi connectivity index (χ3n) is 1.44. The minimum absolute atomic E-state index is 0. The summed E-state index contributed by atoms with van der Waals surface area (Å²) in [4.78, 5) is 15.1. The first-order valence-corrected chi connectivity index (χ1v) is 3.88. The van der Waals surface area contributed by atoms with Gasteiger partial charge in [0.05, 0.1) is 6.61 Å². The van der Waals surface area contributed by atoms with E-state index in [1.54, 1.807) is 19.1 Å². The molecule has 1 heterocycles. The fourth-order valence-corrected chi connectivity index (χ4v) is 0.894. The summed E-state index contributed by atoms with van der Waals surface area (Å²) in [6.45, 7) is 2.07. The topological polar surface area (TPSA) is 77.2 Å². The first kappa shape index (κ1) is 12.7. The van der Waals surface area contributed by atoms with Crippen LogP contribution >= 0.6 is 12.4 Å². The van der Waals surface area contributed by atoms with Gasteiger partial charge in [-0.2, -0.15) is 0 Å². The minimum Gasteiger partial charge on any atom is -0.462 e. The Kier molecular flexibility index (Phi) is 5.59. The summed E-state index contributed by atoms with van der Waals surface area (Å²) in [7, 11) is 0. The van der Waals surface area contributed by atoms with Gasteiger partial charge in [0.1, 0.15) is 5.56 Å². The van der Waals surface area contributed by atoms with E-state index in [0.717, 1.165) is 0 Å². The molecule has 0 aliphatic carbocycles. The highest BCUT2D eigenvalue weighted by Crippen LogP contribution is 2.10. The molecule has 0 atom stereocenters. The van der Waals surface area contributed by atoms with E-state index >= 15 is 0 Å². The van der Waals surface area contributed by atoms with Crippen LogP contribution in [0.5, 0.6) is 0 Å². The van der Waals surface area contributed by atoms with Crippen LogP contribution in [0.15, 0.2) is 18.3 Å².